The Balaban J connectivity index is 0.00000132. The van der Waals surface area contributed by atoms with E-state index in [2.05, 4.69) is 15.0 Å². The molecule has 0 radical (unpaired) electrons. The third-order valence-electron chi connectivity index (χ3n) is 4.08. The van der Waals surface area contributed by atoms with Crippen molar-refractivity contribution >= 4 is 24.8 Å². The van der Waals surface area contributed by atoms with Crippen LogP contribution in [0.1, 0.15) is 24.4 Å². The molecule has 2 fully saturated rings. The molecule has 0 spiro atoms. The molecule has 8 heteroatoms. The van der Waals surface area contributed by atoms with Crippen LogP contribution >= 0.6 is 24.8 Å². The number of para-hydroxylation sites is 1. The lowest BCUT2D eigenvalue weighted by Crippen LogP contribution is -2.45. The summed E-state index contributed by atoms with van der Waals surface area (Å²) in [6.07, 6.45) is -2.49. The van der Waals surface area contributed by atoms with Crippen molar-refractivity contribution in [2.75, 3.05) is 26.2 Å². The molecule has 0 aromatic heterocycles. The lowest BCUT2D eigenvalue weighted by molar-refractivity contribution is -0.275. The second-order valence-corrected chi connectivity index (χ2v) is 5.65. The fourth-order valence-electron chi connectivity index (χ4n) is 3.06. The normalized spacial score (nSPS) is 20.1. The van der Waals surface area contributed by atoms with Crippen LogP contribution in [0.4, 0.5) is 13.2 Å². The molecule has 0 bridgehead atoms. The van der Waals surface area contributed by atoms with Crippen LogP contribution in [-0.2, 0) is 0 Å². The highest BCUT2D eigenvalue weighted by atomic mass is 35.5. The van der Waals surface area contributed by atoms with E-state index < -0.39 is 6.36 Å². The van der Waals surface area contributed by atoms with E-state index in [-0.39, 0.29) is 36.6 Å². The molecule has 1 aliphatic heterocycles. The highest BCUT2D eigenvalue weighted by Crippen LogP contribution is 2.47. The molecule has 23 heavy (non-hydrogen) atoms. The standard InChI is InChI=1S/C15H19F3N2O.2ClH/c16-15(17,18)21-13-4-2-1-3-12(13)14(11-5-6-11)20-9-7-19-8-10-20;;/h1-4,11,14,19H,5-10H2;2*1H/t14-;;/m1../s1. The molecule has 1 N–H and O–H groups in total. The molecule has 2 aliphatic rings. The number of alkyl halides is 3. The fraction of sp³-hybridized carbons (Fsp3) is 0.600. The van der Waals surface area contributed by atoms with Crippen LogP contribution in [0.3, 0.4) is 0 Å². The van der Waals surface area contributed by atoms with Crippen LogP contribution < -0.4 is 10.1 Å². The maximum Gasteiger partial charge on any atom is 0.573 e. The van der Waals surface area contributed by atoms with Gasteiger partial charge in [0, 0.05) is 37.8 Å². The first-order valence-electron chi connectivity index (χ1n) is 7.34. The molecule has 0 unspecified atom stereocenters. The minimum atomic E-state index is -4.65. The average molecular weight is 373 g/mol. The van der Waals surface area contributed by atoms with Gasteiger partial charge in [0.2, 0.25) is 0 Å². The summed E-state index contributed by atoms with van der Waals surface area (Å²) < 4.78 is 42.0. The van der Waals surface area contributed by atoms with Crippen molar-refractivity contribution in [3.63, 3.8) is 0 Å². The Hall–Kier alpha value is -0.690. The summed E-state index contributed by atoms with van der Waals surface area (Å²) in [4.78, 5) is 2.28. The van der Waals surface area contributed by atoms with Crippen LogP contribution in [-0.4, -0.2) is 37.4 Å². The maximum atomic E-state index is 12.6. The van der Waals surface area contributed by atoms with Crippen molar-refractivity contribution in [1.82, 2.24) is 10.2 Å². The van der Waals surface area contributed by atoms with E-state index in [9.17, 15) is 13.2 Å². The molecular weight excluding hydrogens is 352 g/mol. The Bertz CT molecular complexity index is 492. The lowest BCUT2D eigenvalue weighted by Gasteiger charge is -2.36. The van der Waals surface area contributed by atoms with E-state index in [1.54, 1.807) is 18.2 Å². The Morgan fingerprint density at radius 3 is 2.26 bits per heavy atom. The van der Waals surface area contributed by atoms with Gasteiger partial charge in [0.15, 0.2) is 0 Å². The SMILES string of the molecule is Cl.Cl.FC(F)(F)Oc1ccccc1[C@@H](C1CC1)N1CCNCC1. The monoisotopic (exact) mass is 372 g/mol. The van der Waals surface area contributed by atoms with Gasteiger partial charge in [-0.05, 0) is 24.8 Å². The van der Waals surface area contributed by atoms with Crippen molar-refractivity contribution in [3.8, 4) is 5.75 Å². The fourth-order valence-corrected chi connectivity index (χ4v) is 3.06. The van der Waals surface area contributed by atoms with E-state index in [1.165, 1.54) is 6.07 Å². The number of rotatable bonds is 4. The van der Waals surface area contributed by atoms with Crippen molar-refractivity contribution in [1.29, 1.82) is 0 Å². The number of ether oxygens (including phenoxy) is 1. The molecule has 3 rings (SSSR count). The number of nitrogens with zero attached hydrogens (tertiary/aromatic N) is 1. The predicted octanol–water partition coefficient (Wildman–Crippen LogP) is 3.79. The zero-order chi connectivity index (χ0) is 14.9. The minimum Gasteiger partial charge on any atom is -0.405 e. The summed E-state index contributed by atoms with van der Waals surface area (Å²) in [5.41, 5.74) is 0.666. The predicted molar refractivity (Wildman–Crippen MR) is 87.5 cm³/mol. The second-order valence-electron chi connectivity index (χ2n) is 5.65. The summed E-state index contributed by atoms with van der Waals surface area (Å²) in [6.45, 7) is 3.49. The van der Waals surface area contributed by atoms with Crippen molar-refractivity contribution < 1.29 is 17.9 Å². The maximum absolute atomic E-state index is 12.6. The van der Waals surface area contributed by atoms with Gasteiger partial charge < -0.3 is 10.1 Å². The highest BCUT2D eigenvalue weighted by molar-refractivity contribution is 5.85. The van der Waals surface area contributed by atoms with Gasteiger partial charge in [-0.3, -0.25) is 4.90 Å². The Kier molecular flexibility index (Phi) is 7.45. The van der Waals surface area contributed by atoms with Gasteiger partial charge in [-0.25, -0.2) is 0 Å². The molecule has 1 saturated heterocycles. The molecule has 132 valence electrons. The first-order chi connectivity index (χ1) is 10.0. The smallest absolute Gasteiger partial charge is 0.405 e. The van der Waals surface area contributed by atoms with E-state index in [0.717, 1.165) is 39.0 Å². The molecule has 1 heterocycles. The van der Waals surface area contributed by atoms with Crippen molar-refractivity contribution in [2.24, 2.45) is 5.92 Å². The molecule has 1 aliphatic carbocycles. The topological polar surface area (TPSA) is 24.5 Å². The number of nitrogens with one attached hydrogen (secondary N) is 1. The minimum absolute atomic E-state index is 0. The molecule has 1 aromatic rings. The van der Waals surface area contributed by atoms with E-state index in [1.807, 2.05) is 0 Å². The first-order valence-corrected chi connectivity index (χ1v) is 7.34. The largest absolute Gasteiger partial charge is 0.573 e. The van der Waals surface area contributed by atoms with E-state index >= 15 is 0 Å². The quantitative estimate of drug-likeness (QED) is 0.869. The third-order valence-corrected chi connectivity index (χ3v) is 4.08. The summed E-state index contributed by atoms with van der Waals surface area (Å²) >= 11 is 0. The highest BCUT2D eigenvalue weighted by Gasteiger charge is 2.40. The van der Waals surface area contributed by atoms with Gasteiger partial charge in [0.1, 0.15) is 5.75 Å². The van der Waals surface area contributed by atoms with E-state index in [0.29, 0.717) is 11.5 Å². The van der Waals surface area contributed by atoms with Gasteiger partial charge in [0.25, 0.3) is 0 Å². The number of piperazine rings is 1. The van der Waals surface area contributed by atoms with Crippen LogP contribution in [0.25, 0.3) is 0 Å². The molecule has 1 saturated carbocycles. The van der Waals surface area contributed by atoms with Gasteiger partial charge in [0.05, 0.1) is 0 Å². The van der Waals surface area contributed by atoms with Gasteiger partial charge in [-0.2, -0.15) is 0 Å². The Labute approximate surface area is 146 Å². The number of hydrogen-bond acceptors (Lipinski definition) is 3. The zero-order valence-electron chi connectivity index (χ0n) is 12.5. The summed E-state index contributed by atoms with van der Waals surface area (Å²) in [6, 6.07) is 6.60. The summed E-state index contributed by atoms with van der Waals surface area (Å²) in [7, 11) is 0. The Morgan fingerprint density at radius 2 is 1.70 bits per heavy atom. The molecule has 1 aromatic carbocycles. The van der Waals surface area contributed by atoms with E-state index in [4.69, 9.17) is 0 Å². The van der Waals surface area contributed by atoms with Gasteiger partial charge >= 0.3 is 6.36 Å². The van der Waals surface area contributed by atoms with Crippen LogP contribution in [0, 0.1) is 5.92 Å². The molecule has 0 amide bonds. The summed E-state index contributed by atoms with van der Waals surface area (Å²) in [5, 5.41) is 3.28. The van der Waals surface area contributed by atoms with Gasteiger partial charge in [-0.15, -0.1) is 38.0 Å². The Morgan fingerprint density at radius 1 is 1.09 bits per heavy atom. The number of benzene rings is 1. The number of hydrogen-bond donors (Lipinski definition) is 1. The number of halogens is 5. The molecular formula is C15H21Cl2F3N2O. The lowest BCUT2D eigenvalue weighted by atomic mass is 9.98. The average Bonchev–Trinajstić information content (AvgIpc) is 3.25. The second kappa shape index (κ2) is 8.42. The van der Waals surface area contributed by atoms with Gasteiger partial charge in [-0.1, -0.05) is 18.2 Å². The van der Waals surface area contributed by atoms with Crippen molar-refractivity contribution in [3.05, 3.63) is 29.8 Å². The first kappa shape index (κ1) is 20.4. The van der Waals surface area contributed by atoms with Crippen LogP contribution in [0.5, 0.6) is 5.75 Å². The molecule has 1 atom stereocenters. The van der Waals surface area contributed by atoms with Crippen LogP contribution in [0.2, 0.25) is 0 Å². The molecule has 3 nitrogen and oxygen atoms in total. The van der Waals surface area contributed by atoms with Crippen molar-refractivity contribution in [2.45, 2.75) is 25.2 Å². The summed E-state index contributed by atoms with van der Waals surface area (Å²) in [5.74, 6) is 0.390. The third kappa shape index (κ3) is 5.41. The zero-order valence-corrected chi connectivity index (χ0v) is 14.1. The van der Waals surface area contributed by atoms with Crippen LogP contribution in [0.15, 0.2) is 24.3 Å².